The largest absolute Gasteiger partial charge is 0.321 e. The number of nitrogens with two attached hydrogens (primary N) is 1. The van der Waals surface area contributed by atoms with Crippen molar-refractivity contribution in [3.63, 3.8) is 0 Å². The van der Waals surface area contributed by atoms with Crippen LogP contribution in [0.5, 0.6) is 0 Å². The molecule has 2 heteroatoms. The van der Waals surface area contributed by atoms with Crippen LogP contribution in [-0.4, -0.2) is 11.5 Å². The highest BCUT2D eigenvalue weighted by molar-refractivity contribution is 7.99. The van der Waals surface area contributed by atoms with Gasteiger partial charge in [-0.15, -0.1) is 0 Å². The Labute approximate surface area is 96.4 Å². The van der Waals surface area contributed by atoms with E-state index >= 15 is 0 Å². The second kappa shape index (κ2) is 4.58. The molecule has 82 valence electrons. The zero-order chi connectivity index (χ0) is 10.7. The SMILES string of the molecule is CCSCCC1(N)CCc2ccccc21. The van der Waals surface area contributed by atoms with Gasteiger partial charge in [0.05, 0.1) is 0 Å². The van der Waals surface area contributed by atoms with E-state index in [2.05, 4.69) is 31.2 Å². The Kier molecular flexibility index (Phi) is 3.37. The van der Waals surface area contributed by atoms with Crippen molar-refractivity contribution in [2.45, 2.75) is 31.7 Å². The fourth-order valence-electron chi connectivity index (χ4n) is 2.37. The van der Waals surface area contributed by atoms with Gasteiger partial charge >= 0.3 is 0 Å². The predicted octanol–water partition coefficient (Wildman–Crippen LogP) is 2.93. The number of benzene rings is 1. The summed E-state index contributed by atoms with van der Waals surface area (Å²) in [5.41, 5.74) is 9.31. The van der Waals surface area contributed by atoms with Crippen LogP contribution in [0.25, 0.3) is 0 Å². The average Bonchev–Trinajstić information content (AvgIpc) is 2.59. The number of aryl methyl sites for hydroxylation is 1. The Hall–Kier alpha value is -0.470. The van der Waals surface area contributed by atoms with Crippen LogP contribution in [0.2, 0.25) is 0 Å². The van der Waals surface area contributed by atoms with Gasteiger partial charge in [0.1, 0.15) is 0 Å². The van der Waals surface area contributed by atoms with Crippen LogP contribution in [0.4, 0.5) is 0 Å². The van der Waals surface area contributed by atoms with E-state index in [0.29, 0.717) is 0 Å². The third-order valence-corrected chi connectivity index (χ3v) is 4.19. The highest BCUT2D eigenvalue weighted by atomic mass is 32.2. The molecule has 2 N–H and O–H groups in total. The zero-order valence-electron chi connectivity index (χ0n) is 9.33. The highest BCUT2D eigenvalue weighted by Crippen LogP contribution is 2.37. The lowest BCUT2D eigenvalue weighted by molar-refractivity contribution is 0.430. The maximum Gasteiger partial charge on any atom is 0.0423 e. The van der Waals surface area contributed by atoms with Crippen LogP contribution >= 0.6 is 11.8 Å². The second-order valence-electron chi connectivity index (χ2n) is 4.26. The van der Waals surface area contributed by atoms with Crippen molar-refractivity contribution in [1.82, 2.24) is 0 Å². The van der Waals surface area contributed by atoms with E-state index in [0.717, 1.165) is 19.3 Å². The van der Waals surface area contributed by atoms with Crippen LogP contribution in [0.3, 0.4) is 0 Å². The summed E-state index contributed by atoms with van der Waals surface area (Å²) in [6.45, 7) is 2.20. The predicted molar refractivity (Wildman–Crippen MR) is 68.2 cm³/mol. The highest BCUT2D eigenvalue weighted by Gasteiger charge is 2.33. The molecule has 1 aromatic rings. The van der Waals surface area contributed by atoms with Crippen molar-refractivity contribution >= 4 is 11.8 Å². The molecular weight excluding hydrogens is 202 g/mol. The van der Waals surface area contributed by atoms with Crippen LogP contribution in [0, 0.1) is 0 Å². The van der Waals surface area contributed by atoms with Gasteiger partial charge in [-0.2, -0.15) is 11.8 Å². The van der Waals surface area contributed by atoms with Crippen molar-refractivity contribution < 1.29 is 0 Å². The molecule has 0 saturated heterocycles. The Bertz CT molecular complexity index is 337. The van der Waals surface area contributed by atoms with Gasteiger partial charge in [-0.25, -0.2) is 0 Å². The molecular formula is C13H19NS. The Morgan fingerprint density at radius 2 is 2.20 bits per heavy atom. The van der Waals surface area contributed by atoms with Crippen molar-refractivity contribution in [2.24, 2.45) is 5.73 Å². The van der Waals surface area contributed by atoms with Gasteiger partial charge in [0.2, 0.25) is 0 Å². The summed E-state index contributed by atoms with van der Waals surface area (Å²) in [7, 11) is 0. The summed E-state index contributed by atoms with van der Waals surface area (Å²) < 4.78 is 0. The Morgan fingerprint density at radius 3 is 3.00 bits per heavy atom. The first kappa shape index (κ1) is 11.0. The Balaban J connectivity index is 2.10. The molecule has 2 rings (SSSR count). The first-order chi connectivity index (χ1) is 7.26. The van der Waals surface area contributed by atoms with Crippen molar-refractivity contribution in [3.8, 4) is 0 Å². The van der Waals surface area contributed by atoms with Gasteiger partial charge in [0, 0.05) is 5.54 Å². The van der Waals surface area contributed by atoms with E-state index in [1.807, 2.05) is 11.8 Å². The molecule has 0 saturated carbocycles. The molecule has 0 radical (unpaired) electrons. The molecule has 1 nitrogen and oxygen atoms in total. The average molecular weight is 221 g/mol. The van der Waals surface area contributed by atoms with E-state index in [4.69, 9.17) is 5.73 Å². The first-order valence-electron chi connectivity index (χ1n) is 5.71. The Morgan fingerprint density at radius 1 is 1.40 bits per heavy atom. The summed E-state index contributed by atoms with van der Waals surface area (Å²) >= 11 is 1.99. The lowest BCUT2D eigenvalue weighted by Gasteiger charge is -2.25. The van der Waals surface area contributed by atoms with Crippen molar-refractivity contribution in [2.75, 3.05) is 11.5 Å². The quantitative estimate of drug-likeness (QED) is 0.791. The normalized spacial score (nSPS) is 24.1. The fourth-order valence-corrected chi connectivity index (χ4v) is 3.17. The lowest BCUT2D eigenvalue weighted by atomic mass is 9.90. The fraction of sp³-hybridized carbons (Fsp3) is 0.538. The maximum atomic E-state index is 6.50. The topological polar surface area (TPSA) is 26.0 Å². The minimum absolute atomic E-state index is 0.0429. The summed E-state index contributed by atoms with van der Waals surface area (Å²) in [5, 5.41) is 0. The van der Waals surface area contributed by atoms with Crippen molar-refractivity contribution in [1.29, 1.82) is 0 Å². The molecule has 0 bridgehead atoms. The van der Waals surface area contributed by atoms with E-state index in [1.165, 1.54) is 22.6 Å². The molecule has 1 atom stereocenters. The number of thioether (sulfide) groups is 1. The summed E-state index contributed by atoms with van der Waals surface area (Å²) in [6.07, 6.45) is 3.39. The maximum absolute atomic E-state index is 6.50. The van der Waals surface area contributed by atoms with Crippen molar-refractivity contribution in [3.05, 3.63) is 35.4 Å². The number of hydrogen-bond donors (Lipinski definition) is 1. The summed E-state index contributed by atoms with van der Waals surface area (Å²) in [6, 6.07) is 8.65. The number of fused-ring (bicyclic) bond motifs is 1. The third kappa shape index (κ3) is 2.21. The van der Waals surface area contributed by atoms with Crippen LogP contribution < -0.4 is 5.73 Å². The van der Waals surface area contributed by atoms with Crippen LogP contribution in [-0.2, 0) is 12.0 Å². The zero-order valence-corrected chi connectivity index (χ0v) is 10.1. The van der Waals surface area contributed by atoms with Crippen LogP contribution in [0.1, 0.15) is 30.9 Å². The molecule has 15 heavy (non-hydrogen) atoms. The summed E-state index contributed by atoms with van der Waals surface area (Å²) in [4.78, 5) is 0. The molecule has 0 heterocycles. The van der Waals surface area contributed by atoms with Gasteiger partial charge in [-0.3, -0.25) is 0 Å². The molecule has 0 aliphatic heterocycles. The lowest BCUT2D eigenvalue weighted by Crippen LogP contribution is -2.34. The van der Waals surface area contributed by atoms with E-state index in [9.17, 15) is 0 Å². The van der Waals surface area contributed by atoms with E-state index in [-0.39, 0.29) is 5.54 Å². The van der Waals surface area contributed by atoms with Gasteiger partial charge in [0.15, 0.2) is 0 Å². The minimum atomic E-state index is -0.0429. The molecule has 0 amide bonds. The van der Waals surface area contributed by atoms with E-state index < -0.39 is 0 Å². The van der Waals surface area contributed by atoms with Gasteiger partial charge in [-0.05, 0) is 41.9 Å². The second-order valence-corrected chi connectivity index (χ2v) is 5.65. The molecule has 0 aromatic heterocycles. The molecule has 0 fully saturated rings. The third-order valence-electron chi connectivity index (χ3n) is 3.29. The molecule has 1 aliphatic rings. The van der Waals surface area contributed by atoms with Gasteiger partial charge in [0.25, 0.3) is 0 Å². The smallest absolute Gasteiger partial charge is 0.0423 e. The van der Waals surface area contributed by atoms with Gasteiger partial charge in [-0.1, -0.05) is 31.2 Å². The van der Waals surface area contributed by atoms with Crippen LogP contribution in [0.15, 0.2) is 24.3 Å². The standard InChI is InChI=1S/C13H19NS/c1-2-15-10-9-13(14)8-7-11-5-3-4-6-12(11)13/h3-6H,2,7-10,14H2,1H3. The molecule has 1 aromatic carbocycles. The molecule has 1 aliphatic carbocycles. The number of rotatable bonds is 4. The minimum Gasteiger partial charge on any atom is -0.321 e. The number of hydrogen-bond acceptors (Lipinski definition) is 2. The van der Waals surface area contributed by atoms with Gasteiger partial charge < -0.3 is 5.73 Å². The monoisotopic (exact) mass is 221 g/mol. The van der Waals surface area contributed by atoms with E-state index in [1.54, 1.807) is 0 Å². The molecule has 0 spiro atoms. The first-order valence-corrected chi connectivity index (χ1v) is 6.87. The summed E-state index contributed by atoms with van der Waals surface area (Å²) in [5.74, 6) is 2.37. The molecule has 1 unspecified atom stereocenters.